The first kappa shape index (κ1) is 23.3. The second kappa shape index (κ2) is 8.79. The minimum absolute atomic E-state index is 0.164. The van der Waals surface area contributed by atoms with Gasteiger partial charge in [0.2, 0.25) is 0 Å². The zero-order chi connectivity index (χ0) is 25.7. The molecule has 6 rings (SSSR count). The molecule has 0 N–H and O–H groups in total. The van der Waals surface area contributed by atoms with E-state index < -0.39 is 23.4 Å². The SMILES string of the molecule is N#CC1(C#N)C(c2ccc(Cl)c(Cl)c2)C(C(=O)c2ccccc2)N2c3c(ccc4ccccc34)C=CC21. The molecule has 0 aromatic heterocycles. The number of fused-ring (bicyclic) bond motifs is 5. The van der Waals surface area contributed by atoms with Crippen LogP contribution in [0.25, 0.3) is 16.8 Å². The third-order valence-corrected chi connectivity index (χ3v) is 8.26. The molecular formula is C31H19Cl2N3O. The minimum atomic E-state index is -1.56. The van der Waals surface area contributed by atoms with Crippen LogP contribution in [0, 0.1) is 28.1 Å². The number of hydrogen-bond acceptors (Lipinski definition) is 4. The smallest absolute Gasteiger partial charge is 0.185 e. The highest BCUT2D eigenvalue weighted by molar-refractivity contribution is 6.42. The summed E-state index contributed by atoms with van der Waals surface area (Å²) in [5, 5.41) is 23.9. The van der Waals surface area contributed by atoms with Crippen LogP contribution in [0.5, 0.6) is 0 Å². The normalized spacial score (nSPS) is 21.1. The molecular weight excluding hydrogens is 501 g/mol. The quantitative estimate of drug-likeness (QED) is 0.264. The van der Waals surface area contributed by atoms with Crippen LogP contribution < -0.4 is 4.90 Å². The predicted octanol–water partition coefficient (Wildman–Crippen LogP) is 7.43. The standard InChI is InChI=1S/C31H19Cl2N3O/c32-24-14-12-22(16-25(24)33)27-29(30(37)21-7-2-1-3-8-21)36-26(31(27,17-34)18-35)15-13-20-11-10-19-6-4-5-9-23(19)28(20)36/h1-16,26-27,29H. The van der Waals surface area contributed by atoms with Gasteiger partial charge in [-0.3, -0.25) is 4.79 Å². The van der Waals surface area contributed by atoms with Crippen LogP contribution in [-0.4, -0.2) is 17.9 Å². The van der Waals surface area contributed by atoms with Gasteiger partial charge in [-0.2, -0.15) is 10.5 Å². The lowest BCUT2D eigenvalue weighted by Crippen LogP contribution is -2.44. The summed E-state index contributed by atoms with van der Waals surface area (Å²) in [6.07, 6.45) is 3.83. The molecule has 0 radical (unpaired) electrons. The van der Waals surface area contributed by atoms with Gasteiger partial charge >= 0.3 is 0 Å². The molecule has 178 valence electrons. The summed E-state index contributed by atoms with van der Waals surface area (Å²) in [5.74, 6) is -0.951. The van der Waals surface area contributed by atoms with Crippen molar-refractivity contribution in [1.29, 1.82) is 10.5 Å². The number of ketones is 1. The van der Waals surface area contributed by atoms with Crippen molar-refractivity contribution < 1.29 is 4.79 Å². The number of halogens is 2. The highest BCUT2D eigenvalue weighted by Gasteiger charge is 2.63. The van der Waals surface area contributed by atoms with Gasteiger partial charge < -0.3 is 4.90 Å². The number of Topliss-reactive ketones (excluding diaryl/α,β-unsaturated/α-hetero) is 1. The Bertz CT molecular complexity index is 1670. The number of hydrogen-bond donors (Lipinski definition) is 0. The number of nitriles is 2. The monoisotopic (exact) mass is 519 g/mol. The van der Waals surface area contributed by atoms with Crippen molar-refractivity contribution in [3.05, 3.63) is 118 Å². The van der Waals surface area contributed by atoms with Crippen LogP contribution in [0.1, 0.15) is 27.4 Å². The van der Waals surface area contributed by atoms with Gasteiger partial charge in [0.1, 0.15) is 6.04 Å². The Labute approximate surface area is 224 Å². The van der Waals surface area contributed by atoms with E-state index in [1.807, 2.05) is 71.6 Å². The fourth-order valence-corrected chi connectivity index (χ4v) is 6.20. The van der Waals surface area contributed by atoms with Gasteiger partial charge in [0, 0.05) is 16.9 Å². The van der Waals surface area contributed by atoms with E-state index in [9.17, 15) is 15.3 Å². The summed E-state index contributed by atoms with van der Waals surface area (Å²) < 4.78 is 0. The van der Waals surface area contributed by atoms with E-state index in [0.717, 1.165) is 22.0 Å². The van der Waals surface area contributed by atoms with Crippen LogP contribution in [0.4, 0.5) is 5.69 Å². The van der Waals surface area contributed by atoms with Crippen molar-refractivity contribution in [1.82, 2.24) is 0 Å². The molecule has 6 heteroatoms. The Balaban J connectivity index is 1.69. The summed E-state index contributed by atoms with van der Waals surface area (Å²) in [7, 11) is 0. The maximum Gasteiger partial charge on any atom is 0.185 e. The molecule has 3 atom stereocenters. The molecule has 0 aliphatic carbocycles. The van der Waals surface area contributed by atoms with Gasteiger partial charge in [-0.15, -0.1) is 0 Å². The van der Waals surface area contributed by atoms with E-state index in [1.54, 1.807) is 30.3 Å². The number of nitrogens with zero attached hydrogens (tertiary/aromatic N) is 3. The fraction of sp³-hybridized carbons (Fsp3) is 0.129. The van der Waals surface area contributed by atoms with Gasteiger partial charge in [-0.05, 0) is 28.6 Å². The number of carbonyl (C=O) groups excluding carboxylic acids is 1. The number of anilines is 1. The molecule has 0 bridgehead atoms. The van der Waals surface area contributed by atoms with Crippen LogP contribution in [-0.2, 0) is 0 Å². The summed E-state index contributed by atoms with van der Waals surface area (Å²) in [6, 6.07) is 29.3. The molecule has 2 aliphatic heterocycles. The molecule has 4 aromatic carbocycles. The lowest BCUT2D eigenvalue weighted by atomic mass is 9.69. The molecule has 1 saturated heterocycles. The Morgan fingerprint density at radius 1 is 0.865 bits per heavy atom. The van der Waals surface area contributed by atoms with Gasteiger partial charge in [-0.1, -0.05) is 108 Å². The summed E-state index contributed by atoms with van der Waals surface area (Å²) in [4.78, 5) is 16.4. The van der Waals surface area contributed by atoms with Gasteiger partial charge in [0.15, 0.2) is 11.2 Å². The second-order valence-corrected chi connectivity index (χ2v) is 10.2. The molecule has 1 fully saturated rings. The number of rotatable bonds is 3. The third-order valence-electron chi connectivity index (χ3n) is 7.52. The second-order valence-electron chi connectivity index (χ2n) is 9.35. The average molecular weight is 520 g/mol. The van der Waals surface area contributed by atoms with Crippen LogP contribution in [0.2, 0.25) is 10.0 Å². The van der Waals surface area contributed by atoms with E-state index in [1.165, 1.54) is 0 Å². The molecule has 4 aromatic rings. The fourth-order valence-electron chi connectivity index (χ4n) is 5.90. The maximum absolute atomic E-state index is 14.4. The zero-order valence-corrected chi connectivity index (χ0v) is 21.0. The van der Waals surface area contributed by atoms with E-state index in [-0.39, 0.29) is 5.78 Å². The molecule has 2 aliphatic rings. The largest absolute Gasteiger partial charge is 0.350 e. The van der Waals surface area contributed by atoms with Gasteiger partial charge in [0.05, 0.1) is 33.9 Å². The highest BCUT2D eigenvalue weighted by Crippen LogP contribution is 2.57. The van der Waals surface area contributed by atoms with E-state index in [4.69, 9.17) is 23.2 Å². The topological polar surface area (TPSA) is 67.9 Å². The molecule has 4 nitrogen and oxygen atoms in total. The molecule has 0 saturated carbocycles. The Morgan fingerprint density at radius 2 is 1.59 bits per heavy atom. The summed E-state index contributed by atoms with van der Waals surface area (Å²) in [6.45, 7) is 0. The van der Waals surface area contributed by atoms with Crippen molar-refractivity contribution in [3.63, 3.8) is 0 Å². The molecule has 3 unspecified atom stereocenters. The average Bonchev–Trinajstić information content (AvgIpc) is 3.25. The van der Waals surface area contributed by atoms with Crippen molar-refractivity contribution in [2.24, 2.45) is 5.41 Å². The lowest BCUT2D eigenvalue weighted by Gasteiger charge is -2.36. The first-order chi connectivity index (χ1) is 18.0. The molecule has 2 heterocycles. The van der Waals surface area contributed by atoms with Gasteiger partial charge in [0.25, 0.3) is 0 Å². The lowest BCUT2D eigenvalue weighted by molar-refractivity contribution is 0.0951. The zero-order valence-electron chi connectivity index (χ0n) is 19.5. The third kappa shape index (κ3) is 3.38. The first-order valence-electron chi connectivity index (χ1n) is 11.8. The number of benzene rings is 4. The summed E-state index contributed by atoms with van der Waals surface area (Å²) >= 11 is 12.6. The van der Waals surface area contributed by atoms with Crippen molar-refractivity contribution in [2.45, 2.75) is 18.0 Å². The van der Waals surface area contributed by atoms with Crippen molar-refractivity contribution in [3.8, 4) is 12.1 Å². The summed E-state index contributed by atoms with van der Waals surface area (Å²) in [5.41, 5.74) is 1.35. The number of carbonyl (C=O) groups is 1. The van der Waals surface area contributed by atoms with Gasteiger partial charge in [-0.25, -0.2) is 0 Å². The minimum Gasteiger partial charge on any atom is -0.350 e. The van der Waals surface area contributed by atoms with Crippen molar-refractivity contribution >= 4 is 51.5 Å². The van der Waals surface area contributed by atoms with Crippen molar-refractivity contribution in [2.75, 3.05) is 4.90 Å². The maximum atomic E-state index is 14.4. The van der Waals surface area contributed by atoms with Crippen LogP contribution >= 0.6 is 23.2 Å². The van der Waals surface area contributed by atoms with E-state index in [0.29, 0.717) is 21.2 Å². The highest BCUT2D eigenvalue weighted by atomic mass is 35.5. The van der Waals surface area contributed by atoms with E-state index in [2.05, 4.69) is 12.1 Å². The Morgan fingerprint density at radius 3 is 2.32 bits per heavy atom. The predicted molar refractivity (Wildman–Crippen MR) is 147 cm³/mol. The molecule has 0 spiro atoms. The Kier molecular flexibility index (Phi) is 5.54. The van der Waals surface area contributed by atoms with E-state index >= 15 is 0 Å². The Hall–Kier alpha value is -4.09. The first-order valence-corrected chi connectivity index (χ1v) is 12.6. The molecule has 37 heavy (non-hydrogen) atoms. The molecule has 0 amide bonds. The van der Waals surface area contributed by atoms with Crippen LogP contribution in [0.3, 0.4) is 0 Å². The van der Waals surface area contributed by atoms with Crippen LogP contribution in [0.15, 0.2) is 91.0 Å².